The van der Waals surface area contributed by atoms with Crippen molar-refractivity contribution in [1.29, 1.82) is 0 Å². The molecule has 0 aliphatic carbocycles. The van der Waals surface area contributed by atoms with Gasteiger partial charge < -0.3 is 0 Å². The SMILES string of the molecule is CC(=O)c1cnnn1-c1ccc(C(F)(F)F)cc1. The molecule has 1 heterocycles. The van der Waals surface area contributed by atoms with Crippen molar-refractivity contribution >= 4 is 5.78 Å². The van der Waals surface area contributed by atoms with Crippen LogP contribution in [0.25, 0.3) is 5.69 Å². The first-order valence-corrected chi connectivity index (χ1v) is 4.99. The molecule has 0 saturated heterocycles. The first-order valence-electron chi connectivity index (χ1n) is 4.99. The van der Waals surface area contributed by atoms with Crippen LogP contribution in [0.2, 0.25) is 0 Å². The molecular weight excluding hydrogens is 247 g/mol. The molecule has 0 bridgehead atoms. The third kappa shape index (κ3) is 2.24. The van der Waals surface area contributed by atoms with Crippen molar-refractivity contribution in [3.63, 3.8) is 0 Å². The largest absolute Gasteiger partial charge is 0.416 e. The number of carbonyl (C=O) groups excluding carboxylic acids is 1. The van der Waals surface area contributed by atoms with Crippen molar-refractivity contribution in [3.05, 3.63) is 41.7 Å². The number of alkyl halides is 3. The second-order valence-electron chi connectivity index (χ2n) is 3.63. The van der Waals surface area contributed by atoms with Gasteiger partial charge in [-0.2, -0.15) is 13.2 Å². The van der Waals surface area contributed by atoms with Crippen LogP contribution in [-0.2, 0) is 6.18 Å². The Hall–Kier alpha value is -2.18. The van der Waals surface area contributed by atoms with Gasteiger partial charge in [-0.05, 0) is 24.3 Å². The highest BCUT2D eigenvalue weighted by molar-refractivity contribution is 5.92. The summed E-state index contributed by atoms with van der Waals surface area (Å²) in [5.74, 6) is -0.264. The minimum atomic E-state index is -4.38. The van der Waals surface area contributed by atoms with E-state index in [9.17, 15) is 18.0 Å². The standard InChI is InChI=1S/C11H8F3N3O/c1-7(18)10-6-15-16-17(10)9-4-2-8(3-5-9)11(12,13)14/h2-6H,1H3. The van der Waals surface area contributed by atoms with E-state index in [1.165, 1.54) is 29.9 Å². The summed E-state index contributed by atoms with van der Waals surface area (Å²) in [7, 11) is 0. The maximum absolute atomic E-state index is 12.4. The summed E-state index contributed by atoms with van der Waals surface area (Å²) in [4.78, 5) is 11.2. The Morgan fingerprint density at radius 1 is 1.22 bits per heavy atom. The van der Waals surface area contributed by atoms with Gasteiger partial charge in [-0.1, -0.05) is 5.21 Å². The van der Waals surface area contributed by atoms with Gasteiger partial charge in [0, 0.05) is 6.92 Å². The number of rotatable bonds is 2. The zero-order chi connectivity index (χ0) is 13.3. The lowest BCUT2D eigenvalue weighted by Crippen LogP contribution is -2.08. The molecule has 1 aromatic carbocycles. The average molecular weight is 255 g/mol. The van der Waals surface area contributed by atoms with Crippen LogP contribution in [0, 0.1) is 0 Å². The van der Waals surface area contributed by atoms with Crippen molar-refractivity contribution < 1.29 is 18.0 Å². The molecule has 0 aliphatic rings. The Labute approximate surface area is 100 Å². The normalized spacial score (nSPS) is 11.6. The first kappa shape index (κ1) is 12.3. The zero-order valence-electron chi connectivity index (χ0n) is 9.27. The summed E-state index contributed by atoms with van der Waals surface area (Å²) in [6, 6.07) is 4.34. The van der Waals surface area contributed by atoms with Crippen LogP contribution in [0.1, 0.15) is 23.0 Å². The van der Waals surface area contributed by atoms with Crippen molar-refractivity contribution in [2.45, 2.75) is 13.1 Å². The van der Waals surface area contributed by atoms with Gasteiger partial charge in [0.25, 0.3) is 0 Å². The number of nitrogens with zero attached hydrogens (tertiary/aromatic N) is 3. The predicted octanol–water partition coefficient (Wildman–Crippen LogP) is 2.49. The lowest BCUT2D eigenvalue weighted by atomic mass is 10.2. The Morgan fingerprint density at radius 3 is 2.33 bits per heavy atom. The number of halogens is 3. The zero-order valence-corrected chi connectivity index (χ0v) is 9.27. The molecule has 94 valence electrons. The van der Waals surface area contributed by atoms with Crippen molar-refractivity contribution in [1.82, 2.24) is 15.0 Å². The molecule has 0 atom stereocenters. The van der Waals surface area contributed by atoms with Crippen LogP contribution in [0.3, 0.4) is 0 Å². The molecule has 0 unspecified atom stereocenters. The number of benzene rings is 1. The van der Waals surface area contributed by atoms with Crippen LogP contribution in [0.15, 0.2) is 30.5 Å². The first-order chi connectivity index (χ1) is 8.39. The molecule has 0 fully saturated rings. The van der Waals surface area contributed by atoms with Gasteiger partial charge >= 0.3 is 6.18 Å². The fourth-order valence-corrected chi connectivity index (χ4v) is 1.46. The maximum Gasteiger partial charge on any atom is 0.416 e. The second kappa shape index (κ2) is 4.25. The van der Waals surface area contributed by atoms with Crippen molar-refractivity contribution in [3.8, 4) is 5.69 Å². The van der Waals surface area contributed by atoms with Gasteiger partial charge in [-0.3, -0.25) is 4.79 Å². The lowest BCUT2D eigenvalue weighted by Gasteiger charge is -2.08. The Kier molecular flexibility index (Phi) is 2.90. The summed E-state index contributed by atoms with van der Waals surface area (Å²) in [6.45, 7) is 1.33. The highest BCUT2D eigenvalue weighted by atomic mass is 19.4. The molecule has 1 aromatic heterocycles. The maximum atomic E-state index is 12.4. The second-order valence-corrected chi connectivity index (χ2v) is 3.63. The molecule has 7 heteroatoms. The molecule has 4 nitrogen and oxygen atoms in total. The van der Waals surface area contributed by atoms with Gasteiger partial charge in [0.15, 0.2) is 5.78 Å². The van der Waals surface area contributed by atoms with Crippen LogP contribution < -0.4 is 0 Å². The third-order valence-electron chi connectivity index (χ3n) is 2.35. The third-order valence-corrected chi connectivity index (χ3v) is 2.35. The quantitative estimate of drug-likeness (QED) is 0.774. The van der Waals surface area contributed by atoms with E-state index in [2.05, 4.69) is 10.3 Å². The topological polar surface area (TPSA) is 47.8 Å². The van der Waals surface area contributed by atoms with Crippen LogP contribution in [-0.4, -0.2) is 20.8 Å². The van der Waals surface area contributed by atoms with Gasteiger partial charge in [0.1, 0.15) is 5.69 Å². The summed E-state index contributed by atoms with van der Waals surface area (Å²) in [5, 5.41) is 7.22. The molecule has 2 rings (SSSR count). The van der Waals surface area contributed by atoms with E-state index in [0.29, 0.717) is 5.69 Å². The number of hydrogen-bond donors (Lipinski definition) is 0. The summed E-state index contributed by atoms with van der Waals surface area (Å²) in [6.07, 6.45) is -3.12. The van der Waals surface area contributed by atoms with E-state index >= 15 is 0 Å². The monoisotopic (exact) mass is 255 g/mol. The summed E-state index contributed by atoms with van der Waals surface area (Å²) >= 11 is 0. The fraction of sp³-hybridized carbons (Fsp3) is 0.182. The van der Waals surface area contributed by atoms with E-state index in [0.717, 1.165) is 12.1 Å². The van der Waals surface area contributed by atoms with E-state index in [4.69, 9.17) is 0 Å². The number of aromatic nitrogens is 3. The molecule has 0 aliphatic heterocycles. The molecular formula is C11H8F3N3O. The van der Waals surface area contributed by atoms with Crippen LogP contribution >= 0.6 is 0 Å². The molecule has 0 saturated carbocycles. The van der Waals surface area contributed by atoms with E-state index in [-0.39, 0.29) is 11.5 Å². The highest BCUT2D eigenvalue weighted by Gasteiger charge is 2.30. The molecule has 18 heavy (non-hydrogen) atoms. The van der Waals surface area contributed by atoms with Crippen LogP contribution in [0.4, 0.5) is 13.2 Å². The minimum Gasteiger partial charge on any atom is -0.293 e. The summed E-state index contributed by atoms with van der Waals surface area (Å²) in [5.41, 5.74) is -0.184. The Morgan fingerprint density at radius 2 is 1.83 bits per heavy atom. The predicted molar refractivity (Wildman–Crippen MR) is 56.4 cm³/mol. The highest BCUT2D eigenvalue weighted by Crippen LogP contribution is 2.29. The molecule has 0 N–H and O–H groups in total. The van der Waals surface area contributed by atoms with E-state index in [1.54, 1.807) is 0 Å². The number of Topliss-reactive ketones (excluding diaryl/α,β-unsaturated/α-hetero) is 1. The Bertz CT molecular complexity index is 572. The van der Waals surface area contributed by atoms with Gasteiger partial charge in [-0.25, -0.2) is 4.68 Å². The van der Waals surface area contributed by atoms with Gasteiger partial charge in [0.05, 0.1) is 17.4 Å². The number of carbonyl (C=O) groups is 1. The average Bonchev–Trinajstić information content (AvgIpc) is 2.77. The van der Waals surface area contributed by atoms with Gasteiger partial charge in [0.2, 0.25) is 0 Å². The van der Waals surface area contributed by atoms with E-state index in [1.807, 2.05) is 0 Å². The van der Waals surface area contributed by atoms with Crippen LogP contribution in [0.5, 0.6) is 0 Å². The molecule has 2 aromatic rings. The fourth-order valence-electron chi connectivity index (χ4n) is 1.46. The molecule has 0 spiro atoms. The smallest absolute Gasteiger partial charge is 0.293 e. The van der Waals surface area contributed by atoms with E-state index < -0.39 is 11.7 Å². The number of ketones is 1. The molecule has 0 radical (unpaired) electrons. The molecule has 0 amide bonds. The van der Waals surface area contributed by atoms with Crippen molar-refractivity contribution in [2.24, 2.45) is 0 Å². The number of hydrogen-bond acceptors (Lipinski definition) is 3. The minimum absolute atomic E-state index is 0.217. The lowest BCUT2D eigenvalue weighted by molar-refractivity contribution is -0.137. The van der Waals surface area contributed by atoms with Crippen molar-refractivity contribution in [2.75, 3.05) is 0 Å². The Balaban J connectivity index is 2.41. The summed E-state index contributed by atoms with van der Waals surface area (Å²) < 4.78 is 38.3. The van der Waals surface area contributed by atoms with Gasteiger partial charge in [-0.15, -0.1) is 5.10 Å².